The first kappa shape index (κ1) is 12.5. The maximum absolute atomic E-state index is 12.2. The van der Waals surface area contributed by atoms with Gasteiger partial charge in [-0.2, -0.15) is 13.2 Å². The van der Waals surface area contributed by atoms with Crippen LogP contribution in [-0.2, 0) is 11.3 Å². The van der Waals surface area contributed by atoms with Gasteiger partial charge in [0, 0.05) is 12.6 Å². The number of carboxylic acids is 1. The molecule has 1 heterocycles. The average molecular weight is 238 g/mol. The van der Waals surface area contributed by atoms with Gasteiger partial charge < -0.3 is 14.9 Å². The molecular weight excluding hydrogens is 229 g/mol. The third-order valence-corrected chi connectivity index (χ3v) is 1.83. The van der Waals surface area contributed by atoms with Gasteiger partial charge in [0.25, 0.3) is 0 Å². The first-order valence-corrected chi connectivity index (χ1v) is 4.31. The molecule has 0 saturated heterocycles. The largest absolute Gasteiger partial charge is 0.481 e. The van der Waals surface area contributed by atoms with Crippen LogP contribution in [-0.4, -0.2) is 29.0 Å². The molecule has 0 aliphatic heterocycles. The molecule has 1 unspecified atom stereocenters. The van der Waals surface area contributed by atoms with Crippen molar-refractivity contribution in [3.8, 4) is 0 Å². The Hall–Kier alpha value is -1.57. The van der Waals surface area contributed by atoms with Gasteiger partial charge in [0.15, 0.2) is 5.92 Å². The second kappa shape index (κ2) is 4.97. The first-order valence-electron chi connectivity index (χ1n) is 4.31. The van der Waals surface area contributed by atoms with Gasteiger partial charge in [-0.05, 0) is 0 Å². The number of aromatic nitrogens is 1. The number of carbonyl (C=O) groups is 1. The van der Waals surface area contributed by atoms with Crippen LogP contribution in [0, 0.1) is 5.92 Å². The molecule has 1 aromatic heterocycles. The lowest BCUT2D eigenvalue weighted by Crippen LogP contribution is -2.38. The van der Waals surface area contributed by atoms with Gasteiger partial charge in [-0.25, -0.2) is 0 Å². The van der Waals surface area contributed by atoms with Gasteiger partial charge in [-0.3, -0.25) is 4.79 Å². The topological polar surface area (TPSA) is 75.4 Å². The van der Waals surface area contributed by atoms with Crippen molar-refractivity contribution in [2.45, 2.75) is 12.7 Å². The summed E-state index contributed by atoms with van der Waals surface area (Å²) < 4.78 is 41.2. The van der Waals surface area contributed by atoms with Gasteiger partial charge in [0.2, 0.25) is 0 Å². The highest BCUT2D eigenvalue weighted by Crippen LogP contribution is 2.25. The Balaban J connectivity index is 2.42. The normalized spacial score (nSPS) is 13.7. The van der Waals surface area contributed by atoms with E-state index >= 15 is 0 Å². The highest BCUT2D eigenvalue weighted by atomic mass is 19.4. The molecule has 90 valence electrons. The molecule has 2 N–H and O–H groups in total. The summed E-state index contributed by atoms with van der Waals surface area (Å²) >= 11 is 0. The van der Waals surface area contributed by atoms with Crippen molar-refractivity contribution in [3.63, 3.8) is 0 Å². The summed E-state index contributed by atoms with van der Waals surface area (Å²) in [5, 5.41) is 14.1. The van der Waals surface area contributed by atoms with Crippen LogP contribution in [0.1, 0.15) is 5.76 Å². The molecule has 1 aromatic rings. The van der Waals surface area contributed by atoms with E-state index in [1.807, 2.05) is 0 Å². The zero-order valence-corrected chi connectivity index (χ0v) is 7.99. The van der Waals surface area contributed by atoms with Crippen LogP contribution in [0.3, 0.4) is 0 Å². The van der Waals surface area contributed by atoms with Gasteiger partial charge in [0.05, 0.1) is 12.7 Å². The van der Waals surface area contributed by atoms with Crippen molar-refractivity contribution in [2.24, 2.45) is 5.92 Å². The molecule has 8 heteroatoms. The number of halogens is 3. The summed E-state index contributed by atoms with van der Waals surface area (Å²) in [6.45, 7) is -0.709. The number of nitrogens with zero attached hydrogens (tertiary/aromatic N) is 1. The predicted octanol–water partition coefficient (Wildman–Crippen LogP) is 1.03. The average Bonchev–Trinajstić information content (AvgIpc) is 2.61. The van der Waals surface area contributed by atoms with E-state index in [1.54, 1.807) is 0 Å². The first-order chi connectivity index (χ1) is 7.41. The van der Waals surface area contributed by atoms with E-state index in [2.05, 4.69) is 15.0 Å². The molecule has 0 fully saturated rings. The van der Waals surface area contributed by atoms with Crippen molar-refractivity contribution >= 4 is 5.97 Å². The quantitative estimate of drug-likeness (QED) is 0.801. The molecule has 0 aliphatic carbocycles. The maximum atomic E-state index is 12.2. The van der Waals surface area contributed by atoms with Crippen LogP contribution >= 0.6 is 0 Å². The Morgan fingerprint density at radius 3 is 2.75 bits per heavy atom. The fourth-order valence-electron chi connectivity index (χ4n) is 1.02. The predicted molar refractivity (Wildman–Crippen MR) is 45.4 cm³/mol. The number of nitrogens with one attached hydrogen (secondary N) is 1. The minimum Gasteiger partial charge on any atom is -0.481 e. The minimum atomic E-state index is -4.76. The van der Waals surface area contributed by atoms with Crippen LogP contribution in [0.15, 0.2) is 16.8 Å². The van der Waals surface area contributed by atoms with Gasteiger partial charge in [-0.15, -0.1) is 0 Å². The van der Waals surface area contributed by atoms with Gasteiger partial charge >= 0.3 is 12.1 Å². The maximum Gasteiger partial charge on any atom is 0.403 e. The van der Waals surface area contributed by atoms with Crippen molar-refractivity contribution in [1.29, 1.82) is 0 Å². The van der Waals surface area contributed by atoms with Crippen molar-refractivity contribution in [1.82, 2.24) is 10.5 Å². The van der Waals surface area contributed by atoms with Crippen molar-refractivity contribution in [2.75, 3.05) is 6.54 Å². The summed E-state index contributed by atoms with van der Waals surface area (Å²) in [6.07, 6.45) is -3.42. The zero-order chi connectivity index (χ0) is 12.2. The lowest BCUT2D eigenvalue weighted by molar-refractivity contribution is -0.192. The van der Waals surface area contributed by atoms with Gasteiger partial charge in [0.1, 0.15) is 5.76 Å². The molecule has 0 amide bonds. The van der Waals surface area contributed by atoms with Crippen LogP contribution in [0.2, 0.25) is 0 Å². The third kappa shape index (κ3) is 3.54. The lowest BCUT2D eigenvalue weighted by Gasteiger charge is -2.15. The molecule has 0 aromatic carbocycles. The Morgan fingerprint density at radius 1 is 1.62 bits per heavy atom. The summed E-state index contributed by atoms with van der Waals surface area (Å²) in [5.74, 6) is -3.99. The van der Waals surface area contributed by atoms with Crippen LogP contribution in [0.25, 0.3) is 0 Å². The Morgan fingerprint density at radius 2 is 2.31 bits per heavy atom. The van der Waals surface area contributed by atoms with E-state index in [4.69, 9.17) is 5.11 Å². The number of carboxylic acid groups (broad SMARTS) is 1. The molecule has 5 nitrogen and oxygen atoms in total. The van der Waals surface area contributed by atoms with E-state index in [1.165, 1.54) is 12.3 Å². The zero-order valence-electron chi connectivity index (χ0n) is 7.99. The summed E-state index contributed by atoms with van der Waals surface area (Å²) in [6, 6.07) is 1.47. The van der Waals surface area contributed by atoms with Crippen molar-refractivity contribution < 1.29 is 27.6 Å². The van der Waals surface area contributed by atoms with Crippen molar-refractivity contribution in [3.05, 3.63) is 18.0 Å². The second-order valence-corrected chi connectivity index (χ2v) is 3.04. The fraction of sp³-hybridized carbons (Fsp3) is 0.500. The van der Waals surface area contributed by atoms with E-state index < -0.39 is 24.6 Å². The lowest BCUT2D eigenvalue weighted by atomic mass is 10.1. The molecule has 1 rings (SSSR count). The van der Waals surface area contributed by atoms with E-state index in [0.29, 0.717) is 5.76 Å². The fourth-order valence-corrected chi connectivity index (χ4v) is 1.02. The van der Waals surface area contributed by atoms with Crippen LogP contribution in [0.5, 0.6) is 0 Å². The van der Waals surface area contributed by atoms with E-state index in [9.17, 15) is 18.0 Å². The summed E-state index contributed by atoms with van der Waals surface area (Å²) in [5.41, 5.74) is 0. The summed E-state index contributed by atoms with van der Waals surface area (Å²) in [4.78, 5) is 10.3. The standard InChI is InChI=1S/C8H9F3N2O3/c9-8(10,11)6(7(14)15)4-12-3-5-1-2-13-16-5/h1-2,6,12H,3-4H2,(H,14,15). The van der Waals surface area contributed by atoms with Crippen LogP contribution < -0.4 is 5.32 Å². The molecule has 0 saturated carbocycles. The number of alkyl halides is 3. The van der Waals surface area contributed by atoms with Crippen LogP contribution in [0.4, 0.5) is 13.2 Å². The van der Waals surface area contributed by atoms with Gasteiger partial charge in [-0.1, -0.05) is 5.16 Å². The second-order valence-electron chi connectivity index (χ2n) is 3.04. The summed E-state index contributed by atoms with van der Waals surface area (Å²) in [7, 11) is 0. The molecule has 0 aliphatic rings. The Kier molecular flexibility index (Phi) is 3.88. The monoisotopic (exact) mass is 238 g/mol. The smallest absolute Gasteiger partial charge is 0.403 e. The third-order valence-electron chi connectivity index (χ3n) is 1.83. The number of hydrogen-bond acceptors (Lipinski definition) is 4. The Labute approximate surface area is 88.2 Å². The van der Waals surface area contributed by atoms with E-state index in [-0.39, 0.29) is 6.54 Å². The molecule has 0 radical (unpaired) electrons. The highest BCUT2D eigenvalue weighted by molar-refractivity contribution is 5.71. The molecule has 0 spiro atoms. The minimum absolute atomic E-state index is 0.000139. The molecular formula is C8H9F3N2O3. The highest BCUT2D eigenvalue weighted by Gasteiger charge is 2.44. The SMILES string of the molecule is O=C(O)C(CNCc1ccno1)C(F)(F)F. The number of hydrogen-bond donors (Lipinski definition) is 2. The van der Waals surface area contributed by atoms with E-state index in [0.717, 1.165) is 0 Å². The Bertz CT molecular complexity index is 337. The molecule has 0 bridgehead atoms. The molecule has 1 atom stereocenters. The molecule has 16 heavy (non-hydrogen) atoms. The number of rotatable bonds is 5. The number of aliphatic carboxylic acids is 1.